The van der Waals surface area contributed by atoms with Crippen molar-refractivity contribution in [3.05, 3.63) is 29.8 Å². The highest BCUT2D eigenvalue weighted by molar-refractivity contribution is 5.78. The summed E-state index contributed by atoms with van der Waals surface area (Å²) in [6, 6.07) is 8.33. The highest BCUT2D eigenvalue weighted by Gasteiger charge is 2.25. The molecule has 2 heterocycles. The van der Waals surface area contributed by atoms with Crippen LogP contribution in [-0.4, -0.2) is 55.5 Å². The average molecular weight is 287 g/mol. The third-order valence-corrected chi connectivity index (χ3v) is 4.74. The van der Waals surface area contributed by atoms with Gasteiger partial charge in [0.15, 0.2) is 0 Å². The van der Waals surface area contributed by atoms with E-state index in [1.807, 2.05) is 18.0 Å². The molecule has 1 saturated heterocycles. The van der Waals surface area contributed by atoms with E-state index in [9.17, 15) is 4.79 Å². The van der Waals surface area contributed by atoms with Gasteiger partial charge in [-0.05, 0) is 37.6 Å². The lowest BCUT2D eigenvalue weighted by Crippen LogP contribution is -2.35. The fraction of sp³-hybridized carbons (Fsp3) is 0.588. The molecule has 1 N–H and O–H groups in total. The number of hydrogen-bond donors (Lipinski definition) is 1. The molecule has 1 fully saturated rings. The van der Waals surface area contributed by atoms with E-state index >= 15 is 0 Å². The van der Waals surface area contributed by atoms with Gasteiger partial charge in [0, 0.05) is 44.7 Å². The van der Waals surface area contributed by atoms with Crippen molar-refractivity contribution in [2.75, 3.05) is 45.1 Å². The summed E-state index contributed by atoms with van der Waals surface area (Å²) in [5.41, 5.74) is 2.48. The van der Waals surface area contributed by atoms with Crippen molar-refractivity contribution >= 4 is 11.6 Å². The van der Waals surface area contributed by atoms with Crippen molar-refractivity contribution in [2.24, 2.45) is 0 Å². The predicted molar refractivity (Wildman–Crippen MR) is 85.6 cm³/mol. The van der Waals surface area contributed by atoms with Gasteiger partial charge in [-0.3, -0.25) is 4.79 Å². The molecule has 1 aromatic carbocycles. The first kappa shape index (κ1) is 14.4. The van der Waals surface area contributed by atoms with Crippen LogP contribution in [0.4, 0.5) is 5.69 Å². The molecule has 0 aromatic heterocycles. The van der Waals surface area contributed by atoms with Crippen LogP contribution in [0.5, 0.6) is 0 Å². The second-order valence-electron chi connectivity index (χ2n) is 6.23. The number of fused-ring (bicyclic) bond motifs is 1. The monoisotopic (exact) mass is 287 g/mol. The summed E-state index contributed by atoms with van der Waals surface area (Å²) in [4.78, 5) is 16.7. The zero-order valence-electron chi connectivity index (χ0n) is 12.8. The van der Waals surface area contributed by atoms with Crippen molar-refractivity contribution in [2.45, 2.75) is 25.2 Å². The number of para-hydroxylation sites is 1. The minimum absolute atomic E-state index is 0.262. The molecule has 1 atom stereocenters. The summed E-state index contributed by atoms with van der Waals surface area (Å²) in [5, 5.41) is 3.39. The van der Waals surface area contributed by atoms with Crippen molar-refractivity contribution in [3.8, 4) is 0 Å². The van der Waals surface area contributed by atoms with Gasteiger partial charge in [-0.25, -0.2) is 0 Å². The van der Waals surface area contributed by atoms with Crippen LogP contribution in [0.15, 0.2) is 24.3 Å². The first-order chi connectivity index (χ1) is 10.2. The number of hydrogen-bond acceptors (Lipinski definition) is 3. The van der Waals surface area contributed by atoms with Crippen molar-refractivity contribution in [3.63, 3.8) is 0 Å². The zero-order valence-corrected chi connectivity index (χ0v) is 12.8. The summed E-state index contributed by atoms with van der Waals surface area (Å²) in [7, 11) is 1.94. The van der Waals surface area contributed by atoms with Gasteiger partial charge in [-0.15, -0.1) is 0 Å². The minimum atomic E-state index is 0.262. The summed E-state index contributed by atoms with van der Waals surface area (Å²) < 4.78 is 0. The fourth-order valence-corrected chi connectivity index (χ4v) is 3.33. The van der Waals surface area contributed by atoms with Crippen LogP contribution in [0.1, 0.15) is 30.7 Å². The van der Waals surface area contributed by atoms with Gasteiger partial charge < -0.3 is 15.1 Å². The minimum Gasteiger partial charge on any atom is -0.384 e. The smallest absolute Gasteiger partial charge is 0.223 e. The van der Waals surface area contributed by atoms with Gasteiger partial charge in [0.2, 0.25) is 5.91 Å². The van der Waals surface area contributed by atoms with Crippen LogP contribution in [0.3, 0.4) is 0 Å². The summed E-state index contributed by atoms with van der Waals surface area (Å²) in [5.74, 6) is 0.584. The van der Waals surface area contributed by atoms with Gasteiger partial charge in [0.05, 0.1) is 0 Å². The second kappa shape index (κ2) is 6.48. The highest BCUT2D eigenvalue weighted by Crippen LogP contribution is 2.33. The maximum Gasteiger partial charge on any atom is 0.223 e. The van der Waals surface area contributed by atoms with E-state index in [0.717, 1.165) is 19.6 Å². The van der Waals surface area contributed by atoms with Crippen LogP contribution < -0.4 is 5.32 Å². The molecule has 0 aliphatic carbocycles. The van der Waals surface area contributed by atoms with Crippen LogP contribution in [0, 0.1) is 0 Å². The number of nitrogens with zero attached hydrogens (tertiary/aromatic N) is 2. The van der Waals surface area contributed by atoms with Crippen LogP contribution in [0.25, 0.3) is 0 Å². The van der Waals surface area contributed by atoms with Gasteiger partial charge in [-0.1, -0.05) is 18.2 Å². The number of rotatable bonds is 5. The third-order valence-electron chi connectivity index (χ3n) is 4.74. The van der Waals surface area contributed by atoms with Gasteiger partial charge in [-0.2, -0.15) is 0 Å². The molecule has 1 amide bonds. The van der Waals surface area contributed by atoms with E-state index < -0.39 is 0 Å². The van der Waals surface area contributed by atoms with E-state index in [1.54, 1.807) is 0 Å². The Hall–Kier alpha value is -1.55. The Morgan fingerprint density at radius 2 is 2.10 bits per heavy atom. The van der Waals surface area contributed by atoms with E-state index in [-0.39, 0.29) is 5.91 Å². The molecule has 4 heteroatoms. The quantitative estimate of drug-likeness (QED) is 0.901. The van der Waals surface area contributed by atoms with Gasteiger partial charge in [0.1, 0.15) is 0 Å². The molecule has 0 saturated carbocycles. The third kappa shape index (κ3) is 3.38. The first-order valence-electron chi connectivity index (χ1n) is 8.03. The van der Waals surface area contributed by atoms with Gasteiger partial charge >= 0.3 is 0 Å². The molecule has 2 aliphatic rings. The number of nitrogens with one attached hydrogen (secondary N) is 1. The molecule has 1 unspecified atom stereocenters. The zero-order chi connectivity index (χ0) is 14.7. The first-order valence-corrected chi connectivity index (χ1v) is 8.03. The van der Waals surface area contributed by atoms with Crippen molar-refractivity contribution < 1.29 is 4.79 Å². The van der Waals surface area contributed by atoms with E-state index in [0.29, 0.717) is 12.3 Å². The number of carbonyl (C=O) groups is 1. The SMILES string of the molecule is CN(CCN1CCCC1)C(=O)CC1CNc2ccccc21. The molecule has 2 aliphatic heterocycles. The van der Waals surface area contributed by atoms with E-state index in [2.05, 4.69) is 28.4 Å². The Labute approximate surface area is 127 Å². The second-order valence-corrected chi connectivity index (χ2v) is 6.23. The maximum absolute atomic E-state index is 12.4. The molecule has 1 aromatic rings. The fourth-order valence-electron chi connectivity index (χ4n) is 3.33. The summed E-state index contributed by atoms with van der Waals surface area (Å²) >= 11 is 0. The maximum atomic E-state index is 12.4. The molecule has 4 nitrogen and oxygen atoms in total. The number of likely N-dealkylation sites (tertiary alicyclic amines) is 1. The predicted octanol–water partition coefficient (Wildman–Crippen LogP) is 2.14. The normalized spacial score (nSPS) is 21.1. The lowest BCUT2D eigenvalue weighted by atomic mass is 9.97. The number of anilines is 1. The molecule has 0 radical (unpaired) electrons. The Morgan fingerprint density at radius 1 is 1.33 bits per heavy atom. The lowest BCUT2D eigenvalue weighted by Gasteiger charge is -2.22. The van der Waals surface area contributed by atoms with E-state index in [1.165, 1.54) is 37.2 Å². The van der Waals surface area contributed by atoms with Crippen molar-refractivity contribution in [1.82, 2.24) is 9.80 Å². The largest absolute Gasteiger partial charge is 0.384 e. The standard InChI is InChI=1S/C17H25N3O/c1-19(10-11-20-8-4-5-9-20)17(21)12-14-13-18-16-7-3-2-6-15(14)16/h2-3,6-7,14,18H,4-5,8-13H2,1H3. The molecule has 114 valence electrons. The molecule has 0 spiro atoms. The molecule has 0 bridgehead atoms. The summed E-state index contributed by atoms with van der Waals surface area (Å²) in [6.07, 6.45) is 3.23. The number of benzene rings is 1. The Morgan fingerprint density at radius 3 is 2.90 bits per heavy atom. The Kier molecular flexibility index (Phi) is 4.44. The van der Waals surface area contributed by atoms with Crippen molar-refractivity contribution in [1.29, 1.82) is 0 Å². The summed E-state index contributed by atoms with van der Waals surface area (Å²) in [6.45, 7) is 5.14. The number of likely N-dealkylation sites (N-methyl/N-ethyl adjacent to an activating group) is 1. The average Bonchev–Trinajstić information content (AvgIpc) is 3.15. The number of amides is 1. The van der Waals surface area contributed by atoms with E-state index in [4.69, 9.17) is 0 Å². The van der Waals surface area contributed by atoms with Gasteiger partial charge in [0.25, 0.3) is 0 Å². The topological polar surface area (TPSA) is 35.6 Å². The lowest BCUT2D eigenvalue weighted by molar-refractivity contribution is -0.130. The molecule has 3 rings (SSSR count). The van der Waals surface area contributed by atoms with Crippen LogP contribution in [-0.2, 0) is 4.79 Å². The number of carbonyl (C=O) groups excluding carboxylic acids is 1. The Bertz CT molecular complexity index is 497. The highest BCUT2D eigenvalue weighted by atomic mass is 16.2. The van der Waals surface area contributed by atoms with Crippen LogP contribution >= 0.6 is 0 Å². The van der Waals surface area contributed by atoms with Crippen LogP contribution in [0.2, 0.25) is 0 Å². The molecular weight excluding hydrogens is 262 g/mol. The molecular formula is C17H25N3O. The Balaban J connectivity index is 1.49. The molecule has 21 heavy (non-hydrogen) atoms.